The summed E-state index contributed by atoms with van der Waals surface area (Å²) in [7, 11) is 0. The summed E-state index contributed by atoms with van der Waals surface area (Å²) < 4.78 is 0. The second-order valence-electron chi connectivity index (χ2n) is 4.84. The first-order valence-electron chi connectivity index (χ1n) is 6.77. The number of carbonyl (C=O) groups is 1. The number of amides is 1. The van der Waals surface area contributed by atoms with Gasteiger partial charge in [0.2, 0.25) is 5.91 Å². The summed E-state index contributed by atoms with van der Waals surface area (Å²) >= 11 is 0. The maximum atomic E-state index is 12.3. The second-order valence-corrected chi connectivity index (χ2v) is 4.84. The molecule has 1 aromatic carbocycles. The zero-order valence-corrected chi connectivity index (χ0v) is 11.8. The van der Waals surface area contributed by atoms with Crippen LogP contribution < -0.4 is 11.1 Å². The summed E-state index contributed by atoms with van der Waals surface area (Å²) in [6.45, 7) is 3.84. The van der Waals surface area contributed by atoms with E-state index in [1.807, 2.05) is 44.2 Å². The Balaban J connectivity index is 2.05. The van der Waals surface area contributed by atoms with Crippen LogP contribution in [0.1, 0.15) is 31.0 Å². The maximum absolute atomic E-state index is 12.3. The zero-order chi connectivity index (χ0) is 14.5. The van der Waals surface area contributed by atoms with E-state index in [9.17, 15) is 4.79 Å². The topological polar surface area (TPSA) is 83.8 Å². The molecule has 1 aromatic heterocycles. The number of benzene rings is 1. The standard InChI is InChI=1S/C15H20N4O/c1-3-11-9-17-19-14(11)18-15(20)10(2)13(16)12-7-5-4-6-8-12/h4-10,13H,3,16H2,1-2H3,(H2,17,18,19,20). The fourth-order valence-electron chi connectivity index (χ4n) is 2.05. The molecule has 106 valence electrons. The van der Waals surface area contributed by atoms with E-state index in [4.69, 9.17) is 5.73 Å². The van der Waals surface area contributed by atoms with Crippen molar-refractivity contribution in [2.24, 2.45) is 11.7 Å². The summed E-state index contributed by atoms with van der Waals surface area (Å²) in [4.78, 5) is 12.3. The summed E-state index contributed by atoms with van der Waals surface area (Å²) in [5.41, 5.74) is 8.09. The van der Waals surface area contributed by atoms with Gasteiger partial charge >= 0.3 is 0 Å². The maximum Gasteiger partial charge on any atom is 0.230 e. The van der Waals surface area contributed by atoms with Crippen LogP contribution in [0.4, 0.5) is 5.82 Å². The van der Waals surface area contributed by atoms with E-state index in [0.717, 1.165) is 17.5 Å². The van der Waals surface area contributed by atoms with Gasteiger partial charge in [-0.3, -0.25) is 9.89 Å². The molecule has 0 fully saturated rings. The van der Waals surface area contributed by atoms with Crippen LogP contribution in [0.2, 0.25) is 0 Å². The number of carbonyl (C=O) groups excluding carboxylic acids is 1. The van der Waals surface area contributed by atoms with Crippen molar-refractivity contribution in [1.29, 1.82) is 0 Å². The molecule has 0 aliphatic carbocycles. The Morgan fingerprint density at radius 2 is 2.10 bits per heavy atom. The van der Waals surface area contributed by atoms with Crippen LogP contribution in [0, 0.1) is 5.92 Å². The van der Waals surface area contributed by atoms with Crippen molar-refractivity contribution in [2.75, 3.05) is 5.32 Å². The number of nitrogens with two attached hydrogens (primary N) is 1. The third-order valence-corrected chi connectivity index (χ3v) is 3.48. The van der Waals surface area contributed by atoms with Gasteiger partial charge in [0.15, 0.2) is 0 Å². The minimum Gasteiger partial charge on any atom is -0.323 e. The van der Waals surface area contributed by atoms with Gasteiger partial charge in [-0.2, -0.15) is 5.10 Å². The number of aromatic amines is 1. The predicted molar refractivity (Wildman–Crippen MR) is 79.1 cm³/mol. The lowest BCUT2D eigenvalue weighted by atomic mass is 9.94. The highest BCUT2D eigenvalue weighted by atomic mass is 16.2. The van der Waals surface area contributed by atoms with Crippen LogP contribution in [0.5, 0.6) is 0 Å². The number of nitrogens with one attached hydrogen (secondary N) is 2. The number of rotatable bonds is 5. The van der Waals surface area contributed by atoms with Crippen LogP contribution in [-0.4, -0.2) is 16.1 Å². The van der Waals surface area contributed by atoms with Crippen molar-refractivity contribution in [3.8, 4) is 0 Å². The van der Waals surface area contributed by atoms with Crippen molar-refractivity contribution < 1.29 is 4.79 Å². The van der Waals surface area contributed by atoms with E-state index in [1.54, 1.807) is 6.20 Å². The molecule has 1 heterocycles. The van der Waals surface area contributed by atoms with Gasteiger partial charge in [-0.25, -0.2) is 0 Å². The van der Waals surface area contributed by atoms with Crippen LogP contribution in [0.3, 0.4) is 0 Å². The van der Waals surface area contributed by atoms with Crippen LogP contribution in [-0.2, 0) is 11.2 Å². The number of hydrogen-bond donors (Lipinski definition) is 3. The molecule has 0 saturated heterocycles. The Bertz CT molecular complexity index is 564. The summed E-state index contributed by atoms with van der Waals surface area (Å²) in [6, 6.07) is 9.31. The van der Waals surface area contributed by atoms with Gasteiger partial charge in [0, 0.05) is 11.6 Å². The molecule has 0 aliphatic rings. The molecular formula is C15H20N4O. The van der Waals surface area contributed by atoms with E-state index in [2.05, 4.69) is 15.5 Å². The number of hydrogen-bond acceptors (Lipinski definition) is 3. The molecule has 2 atom stereocenters. The lowest BCUT2D eigenvalue weighted by molar-refractivity contribution is -0.120. The van der Waals surface area contributed by atoms with Gasteiger partial charge in [0.05, 0.1) is 12.1 Å². The fraction of sp³-hybridized carbons (Fsp3) is 0.333. The minimum absolute atomic E-state index is 0.111. The molecule has 0 radical (unpaired) electrons. The highest BCUT2D eigenvalue weighted by Gasteiger charge is 2.23. The summed E-state index contributed by atoms with van der Waals surface area (Å²) in [5.74, 6) is 0.218. The van der Waals surface area contributed by atoms with Gasteiger partial charge in [0.1, 0.15) is 5.82 Å². The number of H-pyrrole nitrogens is 1. The Hall–Kier alpha value is -2.14. The molecule has 0 bridgehead atoms. The van der Waals surface area contributed by atoms with E-state index < -0.39 is 0 Å². The van der Waals surface area contributed by atoms with Crippen molar-refractivity contribution in [1.82, 2.24) is 10.2 Å². The first kappa shape index (κ1) is 14.3. The number of aromatic nitrogens is 2. The molecule has 1 amide bonds. The van der Waals surface area contributed by atoms with Gasteiger partial charge in [-0.1, -0.05) is 44.2 Å². The van der Waals surface area contributed by atoms with E-state index in [-0.39, 0.29) is 17.9 Å². The first-order valence-corrected chi connectivity index (χ1v) is 6.77. The molecule has 5 nitrogen and oxygen atoms in total. The molecule has 0 aliphatic heterocycles. The quantitative estimate of drug-likeness (QED) is 0.780. The lowest BCUT2D eigenvalue weighted by Crippen LogP contribution is -2.30. The number of aryl methyl sites for hydroxylation is 1. The van der Waals surface area contributed by atoms with Gasteiger partial charge in [-0.05, 0) is 12.0 Å². The molecule has 4 N–H and O–H groups in total. The van der Waals surface area contributed by atoms with Crippen molar-refractivity contribution >= 4 is 11.7 Å². The monoisotopic (exact) mass is 272 g/mol. The Labute approximate surface area is 118 Å². The molecule has 2 unspecified atom stereocenters. The van der Waals surface area contributed by atoms with E-state index in [1.165, 1.54) is 0 Å². The molecule has 0 spiro atoms. The molecule has 5 heteroatoms. The van der Waals surface area contributed by atoms with Crippen LogP contribution in [0.15, 0.2) is 36.5 Å². The minimum atomic E-state index is -0.329. The highest BCUT2D eigenvalue weighted by Crippen LogP contribution is 2.21. The van der Waals surface area contributed by atoms with Crippen LogP contribution in [0.25, 0.3) is 0 Å². The highest BCUT2D eigenvalue weighted by molar-refractivity contribution is 5.92. The fourth-order valence-corrected chi connectivity index (χ4v) is 2.05. The second kappa shape index (κ2) is 6.34. The molecular weight excluding hydrogens is 252 g/mol. The molecule has 2 rings (SSSR count). The smallest absolute Gasteiger partial charge is 0.230 e. The zero-order valence-electron chi connectivity index (χ0n) is 11.8. The van der Waals surface area contributed by atoms with Crippen molar-refractivity contribution in [3.63, 3.8) is 0 Å². The Morgan fingerprint density at radius 1 is 1.40 bits per heavy atom. The van der Waals surface area contributed by atoms with Gasteiger partial charge in [0.25, 0.3) is 0 Å². The predicted octanol–water partition coefficient (Wildman–Crippen LogP) is 2.25. The number of anilines is 1. The number of nitrogens with zero attached hydrogens (tertiary/aromatic N) is 1. The van der Waals surface area contributed by atoms with Crippen LogP contribution >= 0.6 is 0 Å². The Kier molecular flexibility index (Phi) is 4.53. The Morgan fingerprint density at radius 3 is 2.75 bits per heavy atom. The third kappa shape index (κ3) is 3.05. The van der Waals surface area contributed by atoms with Crippen molar-refractivity contribution in [3.05, 3.63) is 47.7 Å². The van der Waals surface area contributed by atoms with Gasteiger partial charge in [-0.15, -0.1) is 0 Å². The van der Waals surface area contributed by atoms with E-state index in [0.29, 0.717) is 5.82 Å². The SMILES string of the molecule is CCc1cn[nH]c1NC(=O)C(C)C(N)c1ccccc1. The summed E-state index contributed by atoms with van der Waals surface area (Å²) in [5, 5.41) is 9.59. The molecule has 2 aromatic rings. The van der Waals surface area contributed by atoms with Gasteiger partial charge < -0.3 is 11.1 Å². The molecule has 0 saturated carbocycles. The molecule has 20 heavy (non-hydrogen) atoms. The first-order chi connectivity index (χ1) is 9.63. The average Bonchev–Trinajstić information content (AvgIpc) is 2.93. The largest absolute Gasteiger partial charge is 0.323 e. The normalized spacial score (nSPS) is 13.8. The average molecular weight is 272 g/mol. The van der Waals surface area contributed by atoms with E-state index >= 15 is 0 Å². The summed E-state index contributed by atoms with van der Waals surface area (Å²) in [6.07, 6.45) is 2.53. The third-order valence-electron chi connectivity index (χ3n) is 3.48. The van der Waals surface area contributed by atoms with Crippen molar-refractivity contribution in [2.45, 2.75) is 26.3 Å². The lowest BCUT2D eigenvalue weighted by Gasteiger charge is -2.19.